The van der Waals surface area contributed by atoms with E-state index in [4.69, 9.17) is 9.84 Å². The van der Waals surface area contributed by atoms with Crippen molar-refractivity contribution in [2.75, 3.05) is 0 Å². The fourth-order valence-electron chi connectivity index (χ4n) is 4.64. The molecule has 0 fully saturated rings. The standard InChI is InChI=1S/C36H62O4/c1-3-5-6-7-8-9-10-11-12-13-18-21-24-27-30-33-36(39)40-34(4-2)31-28-25-22-19-16-14-15-17-20-23-26-29-32-35(37)38/h5-6,8-9,11-12,18,21,34H,3-4,7,10,13-17,19-20,22-33H2,1-2H3,(H,37,38)/b6-5-,9-8-,12-11-,21-18-. The Balaban J connectivity index is 3.56. The average molecular weight is 559 g/mol. The zero-order valence-corrected chi connectivity index (χ0v) is 26.1. The molecule has 0 rings (SSSR count). The molecule has 4 heteroatoms. The van der Waals surface area contributed by atoms with Gasteiger partial charge in [-0.3, -0.25) is 9.59 Å². The summed E-state index contributed by atoms with van der Waals surface area (Å²) in [6.45, 7) is 4.27. The molecule has 0 aromatic rings. The van der Waals surface area contributed by atoms with E-state index in [0.717, 1.165) is 77.0 Å². The molecule has 0 saturated carbocycles. The van der Waals surface area contributed by atoms with Gasteiger partial charge in [0.15, 0.2) is 0 Å². The van der Waals surface area contributed by atoms with Crippen LogP contribution in [0.25, 0.3) is 0 Å². The van der Waals surface area contributed by atoms with Crippen molar-refractivity contribution in [2.24, 2.45) is 0 Å². The maximum atomic E-state index is 12.2. The number of ether oxygens (including phenoxy) is 1. The first-order valence-electron chi connectivity index (χ1n) is 16.6. The molecule has 0 aromatic heterocycles. The van der Waals surface area contributed by atoms with Crippen molar-refractivity contribution in [3.8, 4) is 0 Å². The molecule has 0 radical (unpaired) electrons. The maximum Gasteiger partial charge on any atom is 0.306 e. The van der Waals surface area contributed by atoms with Crippen LogP contribution < -0.4 is 0 Å². The molecular formula is C36H62O4. The zero-order chi connectivity index (χ0) is 29.4. The first-order chi connectivity index (χ1) is 19.6. The number of aliphatic carboxylic acids is 1. The highest BCUT2D eigenvalue weighted by Crippen LogP contribution is 2.16. The van der Waals surface area contributed by atoms with E-state index >= 15 is 0 Å². The van der Waals surface area contributed by atoms with Crippen LogP contribution in [0.3, 0.4) is 0 Å². The summed E-state index contributed by atoms with van der Waals surface area (Å²) in [5.41, 5.74) is 0. The minimum absolute atomic E-state index is 0.0288. The minimum atomic E-state index is -0.675. The van der Waals surface area contributed by atoms with E-state index in [2.05, 4.69) is 62.5 Å². The van der Waals surface area contributed by atoms with Crippen LogP contribution in [0.5, 0.6) is 0 Å². The Kier molecular flexibility index (Phi) is 29.8. The highest BCUT2D eigenvalue weighted by molar-refractivity contribution is 5.69. The smallest absolute Gasteiger partial charge is 0.306 e. The van der Waals surface area contributed by atoms with Gasteiger partial charge >= 0.3 is 11.9 Å². The molecule has 0 aromatic carbocycles. The summed E-state index contributed by atoms with van der Waals surface area (Å²) in [4.78, 5) is 22.7. The molecule has 1 N–H and O–H groups in total. The van der Waals surface area contributed by atoms with Crippen LogP contribution in [0.15, 0.2) is 48.6 Å². The summed E-state index contributed by atoms with van der Waals surface area (Å²) in [5.74, 6) is -0.704. The number of allylic oxidation sites excluding steroid dienone is 8. The van der Waals surface area contributed by atoms with Crippen molar-refractivity contribution in [3.63, 3.8) is 0 Å². The molecule has 230 valence electrons. The number of hydrogen-bond acceptors (Lipinski definition) is 3. The Bertz CT molecular complexity index is 689. The first kappa shape index (κ1) is 37.9. The van der Waals surface area contributed by atoms with E-state index in [1.54, 1.807) is 0 Å². The lowest BCUT2D eigenvalue weighted by atomic mass is 10.0. The van der Waals surface area contributed by atoms with Crippen molar-refractivity contribution in [1.82, 2.24) is 0 Å². The third-order valence-corrected chi connectivity index (χ3v) is 7.14. The van der Waals surface area contributed by atoms with E-state index in [1.807, 2.05) is 0 Å². The Hall–Kier alpha value is -2.10. The summed E-state index contributed by atoms with van der Waals surface area (Å²) in [5, 5.41) is 8.64. The highest BCUT2D eigenvalue weighted by atomic mass is 16.5. The maximum absolute atomic E-state index is 12.2. The van der Waals surface area contributed by atoms with Crippen molar-refractivity contribution >= 4 is 11.9 Å². The molecule has 0 heterocycles. The quantitative estimate of drug-likeness (QED) is 0.0563. The van der Waals surface area contributed by atoms with E-state index in [1.165, 1.54) is 57.8 Å². The van der Waals surface area contributed by atoms with Gasteiger partial charge in [-0.2, -0.15) is 0 Å². The molecular weight excluding hydrogens is 496 g/mol. The normalized spacial score (nSPS) is 12.8. The summed E-state index contributed by atoms with van der Waals surface area (Å²) in [7, 11) is 0. The third-order valence-electron chi connectivity index (χ3n) is 7.14. The van der Waals surface area contributed by atoms with E-state index in [9.17, 15) is 9.59 Å². The van der Waals surface area contributed by atoms with E-state index < -0.39 is 5.97 Å². The van der Waals surface area contributed by atoms with Gasteiger partial charge in [0.1, 0.15) is 6.10 Å². The Morgan fingerprint density at radius 1 is 0.575 bits per heavy atom. The molecule has 0 bridgehead atoms. The van der Waals surface area contributed by atoms with Gasteiger partial charge in [0.25, 0.3) is 0 Å². The van der Waals surface area contributed by atoms with Gasteiger partial charge in [-0.1, -0.05) is 127 Å². The van der Waals surface area contributed by atoms with Gasteiger partial charge in [-0.15, -0.1) is 0 Å². The van der Waals surface area contributed by atoms with E-state index in [-0.39, 0.29) is 12.1 Å². The number of carboxylic acids is 1. The van der Waals surface area contributed by atoms with Crippen molar-refractivity contribution < 1.29 is 19.4 Å². The fourth-order valence-corrected chi connectivity index (χ4v) is 4.64. The van der Waals surface area contributed by atoms with Crippen LogP contribution in [-0.4, -0.2) is 23.1 Å². The van der Waals surface area contributed by atoms with Crippen LogP contribution in [-0.2, 0) is 14.3 Å². The average Bonchev–Trinajstić information content (AvgIpc) is 2.94. The minimum Gasteiger partial charge on any atom is -0.481 e. The molecule has 0 saturated heterocycles. The number of carboxylic acid groups (broad SMARTS) is 1. The Morgan fingerprint density at radius 2 is 1.02 bits per heavy atom. The predicted octanol–water partition coefficient (Wildman–Crippen LogP) is 11.2. The van der Waals surface area contributed by atoms with Gasteiger partial charge in [0.2, 0.25) is 0 Å². The fraction of sp³-hybridized carbons (Fsp3) is 0.722. The number of carbonyl (C=O) groups is 2. The lowest BCUT2D eigenvalue weighted by molar-refractivity contribution is -0.149. The Morgan fingerprint density at radius 3 is 1.52 bits per heavy atom. The van der Waals surface area contributed by atoms with Crippen molar-refractivity contribution in [1.29, 1.82) is 0 Å². The highest BCUT2D eigenvalue weighted by Gasteiger charge is 2.12. The SMILES string of the molecule is CC/C=C\C/C=C\C/C=C\C/C=C\CCCCC(=O)OC(CC)CCCCCCCCCCCCCCC(=O)O. The van der Waals surface area contributed by atoms with E-state index in [0.29, 0.717) is 12.8 Å². The molecule has 0 aliphatic rings. The van der Waals surface area contributed by atoms with Gasteiger partial charge < -0.3 is 9.84 Å². The topological polar surface area (TPSA) is 63.6 Å². The number of rotatable bonds is 29. The largest absolute Gasteiger partial charge is 0.481 e. The van der Waals surface area contributed by atoms with Crippen molar-refractivity contribution in [3.05, 3.63) is 48.6 Å². The van der Waals surface area contributed by atoms with Crippen LogP contribution in [0.1, 0.15) is 162 Å². The van der Waals surface area contributed by atoms with Crippen LogP contribution in [0.2, 0.25) is 0 Å². The molecule has 0 aliphatic heterocycles. The zero-order valence-electron chi connectivity index (χ0n) is 26.1. The van der Waals surface area contributed by atoms with Crippen LogP contribution >= 0.6 is 0 Å². The molecule has 1 atom stereocenters. The number of hydrogen-bond donors (Lipinski definition) is 1. The molecule has 4 nitrogen and oxygen atoms in total. The van der Waals surface area contributed by atoms with Crippen molar-refractivity contribution in [2.45, 2.75) is 168 Å². The van der Waals surface area contributed by atoms with Crippen LogP contribution in [0.4, 0.5) is 0 Å². The molecule has 0 spiro atoms. The van der Waals surface area contributed by atoms with Gasteiger partial charge in [0.05, 0.1) is 0 Å². The molecule has 1 unspecified atom stereocenters. The monoisotopic (exact) mass is 558 g/mol. The van der Waals surface area contributed by atoms with Gasteiger partial charge in [-0.25, -0.2) is 0 Å². The first-order valence-corrected chi connectivity index (χ1v) is 16.6. The summed E-state index contributed by atoms with van der Waals surface area (Å²) < 4.78 is 5.73. The molecule has 0 amide bonds. The number of unbranched alkanes of at least 4 members (excludes halogenated alkanes) is 13. The third kappa shape index (κ3) is 30.4. The molecule has 0 aliphatic carbocycles. The van der Waals surface area contributed by atoms with Gasteiger partial charge in [0, 0.05) is 12.8 Å². The lowest BCUT2D eigenvalue weighted by Crippen LogP contribution is -2.17. The second-order valence-electron chi connectivity index (χ2n) is 10.9. The summed E-state index contributed by atoms with van der Waals surface area (Å²) >= 11 is 0. The molecule has 40 heavy (non-hydrogen) atoms. The summed E-state index contributed by atoms with van der Waals surface area (Å²) in [6, 6.07) is 0. The van der Waals surface area contributed by atoms with Gasteiger partial charge in [-0.05, 0) is 70.6 Å². The second kappa shape index (κ2) is 31.4. The predicted molar refractivity (Wildman–Crippen MR) is 172 cm³/mol. The number of esters is 1. The summed E-state index contributed by atoms with van der Waals surface area (Å²) in [6.07, 6.45) is 42.0. The Labute approximate surface area is 247 Å². The second-order valence-corrected chi connectivity index (χ2v) is 10.9. The lowest BCUT2D eigenvalue weighted by Gasteiger charge is -2.16. The van der Waals surface area contributed by atoms with Crippen LogP contribution in [0, 0.1) is 0 Å². The number of carbonyl (C=O) groups excluding carboxylic acids is 1.